The molecule has 2 aromatic rings. The molecular formula is C17H13F3N2. The van der Waals surface area contributed by atoms with Gasteiger partial charge in [-0.05, 0) is 36.8 Å². The Hall–Kier alpha value is -2.74. The van der Waals surface area contributed by atoms with Gasteiger partial charge >= 0.3 is 6.18 Å². The first kappa shape index (κ1) is 15.6. The number of pyridine rings is 1. The summed E-state index contributed by atoms with van der Waals surface area (Å²) >= 11 is 0. The van der Waals surface area contributed by atoms with Crippen LogP contribution in [0.1, 0.15) is 22.4 Å². The van der Waals surface area contributed by atoms with Crippen LogP contribution < -0.4 is 5.32 Å². The number of benzene rings is 1. The van der Waals surface area contributed by atoms with Crippen molar-refractivity contribution in [3.63, 3.8) is 0 Å². The molecule has 0 aliphatic carbocycles. The standard InChI is InChI=1S/C17H13F3N2/c1-4-13-9-15(6-5-11(13)2)22-12(3)14-7-8-21-16(10-14)17(18,19)20/h1,5-10,22H,3H2,2H3. The summed E-state index contributed by atoms with van der Waals surface area (Å²) in [6, 6.07) is 7.77. The fraction of sp³-hybridized carbons (Fsp3) is 0.118. The Morgan fingerprint density at radius 2 is 2.00 bits per heavy atom. The van der Waals surface area contributed by atoms with Gasteiger partial charge in [-0.1, -0.05) is 18.6 Å². The maximum atomic E-state index is 12.7. The normalized spacial score (nSPS) is 10.9. The second-order valence-electron chi connectivity index (χ2n) is 4.71. The van der Waals surface area contributed by atoms with Crippen molar-refractivity contribution in [3.05, 3.63) is 65.5 Å². The molecule has 5 heteroatoms. The van der Waals surface area contributed by atoms with Gasteiger partial charge in [0.1, 0.15) is 5.69 Å². The van der Waals surface area contributed by atoms with Crippen molar-refractivity contribution < 1.29 is 13.2 Å². The summed E-state index contributed by atoms with van der Waals surface area (Å²) < 4.78 is 38.0. The van der Waals surface area contributed by atoms with Crippen LogP contribution >= 0.6 is 0 Å². The molecule has 0 spiro atoms. The first-order valence-corrected chi connectivity index (χ1v) is 6.38. The van der Waals surface area contributed by atoms with Crippen molar-refractivity contribution in [2.75, 3.05) is 5.32 Å². The summed E-state index contributed by atoms with van der Waals surface area (Å²) in [5.41, 5.74) is 2.01. The van der Waals surface area contributed by atoms with Gasteiger partial charge in [0.15, 0.2) is 0 Å². The molecule has 22 heavy (non-hydrogen) atoms. The van der Waals surface area contributed by atoms with Crippen molar-refractivity contribution in [2.45, 2.75) is 13.1 Å². The minimum absolute atomic E-state index is 0.310. The van der Waals surface area contributed by atoms with Crippen molar-refractivity contribution in [1.82, 2.24) is 4.98 Å². The highest BCUT2D eigenvalue weighted by Crippen LogP contribution is 2.29. The van der Waals surface area contributed by atoms with Gasteiger partial charge in [0.05, 0.1) is 0 Å². The third-order valence-electron chi connectivity index (χ3n) is 3.09. The predicted molar refractivity (Wildman–Crippen MR) is 81.0 cm³/mol. The molecule has 0 amide bonds. The molecule has 0 atom stereocenters. The fourth-order valence-electron chi connectivity index (χ4n) is 1.87. The van der Waals surface area contributed by atoms with Crippen LogP contribution in [0.25, 0.3) is 5.70 Å². The van der Waals surface area contributed by atoms with E-state index in [1.807, 2.05) is 13.0 Å². The zero-order valence-corrected chi connectivity index (χ0v) is 11.8. The molecule has 0 fully saturated rings. The number of nitrogens with one attached hydrogen (secondary N) is 1. The minimum atomic E-state index is -4.49. The summed E-state index contributed by atoms with van der Waals surface area (Å²) in [4.78, 5) is 3.32. The topological polar surface area (TPSA) is 24.9 Å². The number of terminal acetylenes is 1. The summed E-state index contributed by atoms with van der Waals surface area (Å²) in [5, 5.41) is 2.95. The number of aryl methyl sites for hydroxylation is 1. The number of anilines is 1. The number of alkyl halides is 3. The van der Waals surface area contributed by atoms with E-state index in [0.717, 1.165) is 17.8 Å². The van der Waals surface area contributed by atoms with Crippen LogP contribution in [0.15, 0.2) is 43.1 Å². The van der Waals surface area contributed by atoms with Crippen LogP contribution in [0.4, 0.5) is 18.9 Å². The van der Waals surface area contributed by atoms with Gasteiger partial charge < -0.3 is 5.32 Å². The average molecular weight is 302 g/mol. The van der Waals surface area contributed by atoms with E-state index in [0.29, 0.717) is 22.5 Å². The number of nitrogens with zero attached hydrogens (tertiary/aromatic N) is 1. The molecule has 2 rings (SSSR count). The van der Waals surface area contributed by atoms with E-state index in [4.69, 9.17) is 6.42 Å². The van der Waals surface area contributed by atoms with Crippen molar-refractivity contribution >= 4 is 11.4 Å². The summed E-state index contributed by atoms with van der Waals surface area (Å²) in [6.45, 7) is 5.64. The second kappa shape index (κ2) is 5.94. The molecule has 0 unspecified atom stereocenters. The second-order valence-corrected chi connectivity index (χ2v) is 4.71. The van der Waals surface area contributed by atoms with E-state index in [2.05, 4.69) is 22.8 Å². The van der Waals surface area contributed by atoms with Gasteiger partial charge in [-0.3, -0.25) is 4.98 Å². The molecule has 0 radical (unpaired) electrons. The number of hydrogen-bond donors (Lipinski definition) is 1. The number of hydrogen-bond acceptors (Lipinski definition) is 2. The van der Waals surface area contributed by atoms with E-state index in [1.165, 1.54) is 6.07 Å². The Labute approximate surface area is 126 Å². The van der Waals surface area contributed by atoms with Crippen LogP contribution in [0.5, 0.6) is 0 Å². The molecule has 0 bridgehead atoms. The van der Waals surface area contributed by atoms with Crippen LogP contribution in [-0.2, 0) is 6.18 Å². The van der Waals surface area contributed by atoms with E-state index in [-0.39, 0.29) is 0 Å². The number of halogens is 3. The summed E-state index contributed by atoms with van der Waals surface area (Å²) in [5.74, 6) is 2.55. The first-order chi connectivity index (χ1) is 10.3. The summed E-state index contributed by atoms with van der Waals surface area (Å²) in [7, 11) is 0. The van der Waals surface area contributed by atoms with Crippen LogP contribution in [0.2, 0.25) is 0 Å². The minimum Gasteiger partial charge on any atom is -0.355 e. The van der Waals surface area contributed by atoms with Gasteiger partial charge in [0.25, 0.3) is 0 Å². The lowest BCUT2D eigenvalue weighted by Gasteiger charge is -2.13. The first-order valence-electron chi connectivity index (χ1n) is 6.38. The quantitative estimate of drug-likeness (QED) is 0.846. The Bertz CT molecular complexity index is 755. The third-order valence-corrected chi connectivity index (χ3v) is 3.09. The van der Waals surface area contributed by atoms with Crippen LogP contribution in [0, 0.1) is 19.3 Å². The molecule has 1 aromatic heterocycles. The smallest absolute Gasteiger partial charge is 0.355 e. The molecule has 0 saturated carbocycles. The van der Waals surface area contributed by atoms with Crippen LogP contribution in [-0.4, -0.2) is 4.98 Å². The Morgan fingerprint density at radius 3 is 2.64 bits per heavy atom. The van der Waals surface area contributed by atoms with Crippen molar-refractivity contribution in [3.8, 4) is 12.3 Å². The van der Waals surface area contributed by atoms with Gasteiger partial charge in [0, 0.05) is 28.7 Å². The molecule has 1 aromatic carbocycles. The molecule has 0 saturated heterocycles. The molecule has 2 nitrogen and oxygen atoms in total. The highest BCUT2D eigenvalue weighted by Gasteiger charge is 2.32. The molecule has 0 aliphatic heterocycles. The van der Waals surface area contributed by atoms with E-state index >= 15 is 0 Å². The van der Waals surface area contributed by atoms with Crippen molar-refractivity contribution in [1.29, 1.82) is 0 Å². The zero-order chi connectivity index (χ0) is 16.3. The highest BCUT2D eigenvalue weighted by atomic mass is 19.4. The largest absolute Gasteiger partial charge is 0.433 e. The van der Waals surface area contributed by atoms with Gasteiger partial charge in [-0.25, -0.2) is 0 Å². The van der Waals surface area contributed by atoms with E-state index in [1.54, 1.807) is 12.1 Å². The van der Waals surface area contributed by atoms with E-state index < -0.39 is 11.9 Å². The maximum absolute atomic E-state index is 12.7. The Balaban J connectivity index is 2.25. The predicted octanol–water partition coefficient (Wildman–Crippen LogP) is 4.47. The van der Waals surface area contributed by atoms with Gasteiger partial charge in [-0.15, -0.1) is 6.42 Å². The molecule has 0 aliphatic rings. The van der Waals surface area contributed by atoms with Crippen LogP contribution in [0.3, 0.4) is 0 Å². The van der Waals surface area contributed by atoms with Gasteiger partial charge in [0.2, 0.25) is 0 Å². The SMILES string of the molecule is C#Cc1cc(NC(=C)c2ccnc(C(F)(F)F)c2)ccc1C. The highest BCUT2D eigenvalue weighted by molar-refractivity contribution is 5.76. The lowest BCUT2D eigenvalue weighted by atomic mass is 10.1. The van der Waals surface area contributed by atoms with Gasteiger partial charge in [-0.2, -0.15) is 13.2 Å². The lowest BCUT2D eigenvalue weighted by Crippen LogP contribution is -2.09. The number of rotatable bonds is 3. The zero-order valence-electron chi connectivity index (χ0n) is 11.8. The Kier molecular flexibility index (Phi) is 4.22. The number of aromatic nitrogens is 1. The average Bonchev–Trinajstić information content (AvgIpc) is 2.48. The molecule has 1 heterocycles. The van der Waals surface area contributed by atoms with E-state index in [9.17, 15) is 13.2 Å². The molecule has 112 valence electrons. The Morgan fingerprint density at radius 1 is 1.27 bits per heavy atom. The lowest BCUT2D eigenvalue weighted by molar-refractivity contribution is -0.141. The maximum Gasteiger partial charge on any atom is 0.433 e. The monoisotopic (exact) mass is 302 g/mol. The fourth-order valence-corrected chi connectivity index (χ4v) is 1.87. The molecular weight excluding hydrogens is 289 g/mol. The third kappa shape index (κ3) is 3.47. The molecule has 1 N–H and O–H groups in total. The van der Waals surface area contributed by atoms with Crippen molar-refractivity contribution in [2.24, 2.45) is 0 Å². The summed E-state index contributed by atoms with van der Waals surface area (Å²) in [6.07, 6.45) is 2.01.